The molecule has 9 aromatic rings. The van der Waals surface area contributed by atoms with Gasteiger partial charge in [-0.1, -0.05) is 60.7 Å². The van der Waals surface area contributed by atoms with Gasteiger partial charge in [0.15, 0.2) is 0 Å². The Morgan fingerprint density at radius 1 is 0.762 bits per heavy atom. The van der Waals surface area contributed by atoms with E-state index in [-0.39, 0.29) is 31.5 Å². The van der Waals surface area contributed by atoms with E-state index in [1.807, 2.05) is 61.7 Å². The Morgan fingerprint density at radius 3 is 2.21 bits per heavy atom. The molecule has 1 radical (unpaired) electrons. The van der Waals surface area contributed by atoms with E-state index in [9.17, 15) is 0 Å². The fraction of sp³-hybridized carbons (Fsp3) is 0.291. The van der Waals surface area contributed by atoms with Crippen molar-refractivity contribution < 1.29 is 32.7 Å². The smallest absolute Gasteiger partial charge is 0.147 e. The van der Waals surface area contributed by atoms with Gasteiger partial charge >= 0.3 is 142 Å². The van der Waals surface area contributed by atoms with Gasteiger partial charge in [-0.25, -0.2) is 9.37 Å². The molecule has 0 N–H and O–H groups in total. The molecule has 0 aliphatic carbocycles. The molecule has 9 rings (SSSR count). The zero-order valence-corrected chi connectivity index (χ0v) is 42.9. The Labute approximate surface area is 401 Å². The first-order valence-corrected chi connectivity index (χ1v) is 29.5. The van der Waals surface area contributed by atoms with E-state index in [0.717, 1.165) is 77.7 Å². The van der Waals surface area contributed by atoms with Crippen LogP contribution >= 0.6 is 11.3 Å². The van der Waals surface area contributed by atoms with Gasteiger partial charge in [0.2, 0.25) is 0 Å². The van der Waals surface area contributed by atoms with Crippen molar-refractivity contribution in [2.24, 2.45) is 11.8 Å². The summed E-state index contributed by atoms with van der Waals surface area (Å²) in [7, 11) is 0. The van der Waals surface area contributed by atoms with Crippen LogP contribution < -0.4 is 4.40 Å². The number of benzene rings is 5. The standard InChI is InChI=1S/C35H29FN3S.C20H28GeN.Ir/c1-19(2)15-24-12-13-26-25-7-6-8-27(33(25)40-35(26)37-24)34-38-30-14-11-23-10-9-20(3)17-28(23)32(30)39(34)31-22(5)16-21(4)18-29(31)36;1-14(2)10-17-12-20(22-13-19(17)21(5,6)7)18-9-8-15(3)11-16(18)4;/h6-7,9-14,16-19H,15H2,1-5H3;8,11-14H,10H2,1-7H3;/q2*-1;/i2*3D3;. The minimum atomic E-state index is -2.28. The molecule has 5 aromatic carbocycles. The zero-order valence-electron chi connectivity index (χ0n) is 43.6. The van der Waals surface area contributed by atoms with Crippen LogP contribution in [0.15, 0.2) is 91.1 Å². The summed E-state index contributed by atoms with van der Waals surface area (Å²) >= 11 is -0.395. The Kier molecular flexibility index (Phi) is 11.4. The molecule has 8 heteroatoms. The first kappa shape index (κ1) is 38.9. The average molecular weight is 1100 g/mol. The van der Waals surface area contributed by atoms with Crippen LogP contribution in [0, 0.1) is 64.3 Å². The van der Waals surface area contributed by atoms with Crippen LogP contribution in [0.3, 0.4) is 0 Å². The van der Waals surface area contributed by atoms with Crippen molar-refractivity contribution in [1.29, 1.82) is 0 Å². The second-order valence-corrected chi connectivity index (χ2v) is 30.1. The molecule has 0 spiro atoms. The molecule has 4 heterocycles. The SMILES string of the molecule is [2H]C([2H])([2H])c1c[c-]c(-c2cc(CC(C)C)[c]([Ge]([CH3])([CH3])[CH3])cn2)c(C)c1.[2H]C([2H])([2H])c1ccc2ccc3nc(-c4[c-]ccc5c4sc4nc(CC(C)C)ccc45)n(-c4c(C)cc(C)cc4F)c3c2c1.[Ir]. The molecule has 325 valence electrons. The maximum atomic E-state index is 16.0. The number of aryl methyl sites for hydroxylation is 5. The van der Waals surface area contributed by atoms with E-state index in [2.05, 4.69) is 81.5 Å². The topological polar surface area (TPSA) is 43.6 Å². The van der Waals surface area contributed by atoms with Crippen LogP contribution in [0.1, 0.15) is 75.0 Å². The molecular formula is C55H57FGeIrN4S-2. The Morgan fingerprint density at radius 2 is 1.51 bits per heavy atom. The summed E-state index contributed by atoms with van der Waals surface area (Å²) in [6.45, 7) is 10.2. The molecule has 4 aromatic heterocycles. The van der Waals surface area contributed by atoms with Crippen LogP contribution in [0.5, 0.6) is 0 Å². The van der Waals surface area contributed by atoms with Crippen LogP contribution in [-0.4, -0.2) is 32.8 Å². The van der Waals surface area contributed by atoms with Crippen molar-refractivity contribution in [2.75, 3.05) is 0 Å². The van der Waals surface area contributed by atoms with Crippen LogP contribution in [0.4, 0.5) is 4.39 Å². The van der Waals surface area contributed by atoms with Crippen molar-refractivity contribution in [2.45, 2.75) is 92.3 Å². The number of hydrogen-bond donors (Lipinski definition) is 0. The molecule has 0 bridgehead atoms. The fourth-order valence-corrected chi connectivity index (χ4v) is 13.1. The Balaban J connectivity index is 0.000000232. The summed E-state index contributed by atoms with van der Waals surface area (Å²) < 4.78 is 67.1. The third-order valence-electron chi connectivity index (χ3n) is 11.3. The summed E-state index contributed by atoms with van der Waals surface area (Å²) in [4.78, 5) is 15.7. The van der Waals surface area contributed by atoms with Gasteiger partial charge in [-0.3, -0.25) is 4.98 Å². The molecule has 0 saturated heterocycles. The summed E-state index contributed by atoms with van der Waals surface area (Å²) in [6.07, 6.45) is 3.99. The molecule has 0 unspecified atom stereocenters. The largest absolute Gasteiger partial charge is 0.330 e. The van der Waals surface area contributed by atoms with Crippen LogP contribution in [0.2, 0.25) is 17.3 Å². The second-order valence-electron chi connectivity index (χ2n) is 18.5. The van der Waals surface area contributed by atoms with Gasteiger partial charge in [-0.05, 0) is 83.9 Å². The molecule has 63 heavy (non-hydrogen) atoms. The third kappa shape index (κ3) is 9.50. The van der Waals surface area contributed by atoms with E-state index in [1.54, 1.807) is 35.6 Å². The quantitative estimate of drug-likeness (QED) is 0.112. The number of halogens is 1. The number of fused-ring (bicyclic) bond motifs is 6. The van der Waals surface area contributed by atoms with Gasteiger partial charge in [-0.15, -0.1) is 18.2 Å². The number of thiophene rings is 1. The maximum absolute atomic E-state index is 16.0. The molecule has 0 fully saturated rings. The molecule has 0 saturated carbocycles. The first-order valence-electron chi connectivity index (χ1n) is 24.4. The molecule has 4 nitrogen and oxygen atoms in total. The van der Waals surface area contributed by atoms with Crippen molar-refractivity contribution in [3.05, 3.63) is 148 Å². The minimum Gasteiger partial charge on any atom is -0.330 e. The van der Waals surface area contributed by atoms with Crippen molar-refractivity contribution >= 4 is 71.1 Å². The monoisotopic (exact) mass is 1100 g/mol. The van der Waals surface area contributed by atoms with Gasteiger partial charge in [-0.2, -0.15) is 11.3 Å². The predicted molar refractivity (Wildman–Crippen MR) is 266 cm³/mol. The normalized spacial score (nSPS) is 13.7. The van der Waals surface area contributed by atoms with E-state index in [1.165, 1.54) is 16.0 Å². The predicted octanol–water partition coefficient (Wildman–Crippen LogP) is 14.6. The molecular weight excluding hydrogens is 1030 g/mol. The molecule has 0 atom stereocenters. The zero-order chi connectivity index (χ0) is 49.2. The van der Waals surface area contributed by atoms with E-state index < -0.39 is 27.0 Å². The first-order chi connectivity index (χ1) is 31.9. The van der Waals surface area contributed by atoms with Gasteiger partial charge in [0.25, 0.3) is 0 Å². The van der Waals surface area contributed by atoms with Crippen LogP contribution in [0.25, 0.3) is 70.4 Å². The van der Waals surface area contributed by atoms with E-state index in [0.29, 0.717) is 45.3 Å². The summed E-state index contributed by atoms with van der Waals surface area (Å²) in [5.41, 5.74) is 9.71. The average Bonchev–Trinajstić information content (AvgIpc) is 3.80. The van der Waals surface area contributed by atoms with E-state index in [4.69, 9.17) is 23.2 Å². The van der Waals surface area contributed by atoms with Crippen LogP contribution in [-0.2, 0) is 32.9 Å². The molecule has 0 amide bonds. The number of imidazole rings is 1. The second kappa shape index (κ2) is 18.5. The summed E-state index contributed by atoms with van der Waals surface area (Å²) in [5.74, 6) is 8.44. The van der Waals surface area contributed by atoms with Crippen molar-refractivity contribution in [3.8, 4) is 28.3 Å². The minimum absolute atomic E-state index is 0. The number of aromatic nitrogens is 4. The van der Waals surface area contributed by atoms with Gasteiger partial charge in [0.05, 0.1) is 22.5 Å². The van der Waals surface area contributed by atoms with E-state index >= 15 is 4.39 Å². The molecule has 0 aliphatic rings. The number of rotatable bonds is 8. The number of nitrogens with zero attached hydrogens (tertiary/aromatic N) is 4. The molecule has 0 aliphatic heterocycles. The summed E-state index contributed by atoms with van der Waals surface area (Å²) in [5, 5.41) is 3.67. The summed E-state index contributed by atoms with van der Waals surface area (Å²) in [6, 6.07) is 32.7. The Bertz CT molecular complexity index is 3360. The number of pyridine rings is 2. The maximum Gasteiger partial charge on any atom is 0.147 e. The van der Waals surface area contributed by atoms with Gasteiger partial charge in [0.1, 0.15) is 10.6 Å². The van der Waals surface area contributed by atoms with Crippen molar-refractivity contribution in [3.63, 3.8) is 0 Å². The number of hydrogen-bond acceptors (Lipinski definition) is 4. The Hall–Kier alpha value is -4.53. The van der Waals surface area contributed by atoms with Gasteiger partial charge in [0, 0.05) is 35.3 Å². The fourth-order valence-electron chi connectivity index (χ4n) is 8.63. The third-order valence-corrected chi connectivity index (χ3v) is 16.7. The van der Waals surface area contributed by atoms with Gasteiger partial charge < -0.3 is 4.57 Å². The van der Waals surface area contributed by atoms with Crippen molar-refractivity contribution in [1.82, 2.24) is 19.5 Å².